The lowest BCUT2D eigenvalue weighted by atomic mass is 9.96. The topological polar surface area (TPSA) is 91.2 Å². The number of benzene rings is 2. The number of nitrogens with one attached hydrogen (secondary N) is 2. The molecule has 3 aromatic rings. The number of likely N-dealkylation sites (tertiary alicyclic amines) is 1. The molecule has 31 heavy (non-hydrogen) atoms. The molecule has 1 aliphatic heterocycles. The number of aromatic nitrogens is 1. The number of primary amides is 1. The first kappa shape index (κ1) is 21.1. The molecule has 4 rings (SSSR count). The first-order valence-electron chi connectivity index (χ1n) is 11.0. The normalized spacial score (nSPS) is 15.3. The van der Waals surface area contributed by atoms with E-state index in [0.29, 0.717) is 6.42 Å². The predicted molar refractivity (Wildman–Crippen MR) is 124 cm³/mol. The lowest BCUT2D eigenvalue weighted by Crippen LogP contribution is -2.39. The number of hydrogen-bond donors (Lipinski definition) is 3. The van der Waals surface area contributed by atoms with Crippen LogP contribution >= 0.6 is 0 Å². The van der Waals surface area contributed by atoms with Crippen molar-refractivity contribution in [2.75, 3.05) is 25.0 Å². The van der Waals surface area contributed by atoms with E-state index in [-0.39, 0.29) is 17.7 Å². The Bertz CT molecular complexity index is 1060. The average molecular weight is 419 g/mol. The zero-order valence-corrected chi connectivity index (χ0v) is 18.0. The summed E-state index contributed by atoms with van der Waals surface area (Å²) in [7, 11) is 0. The summed E-state index contributed by atoms with van der Waals surface area (Å²) in [5, 5.41) is 4.12. The maximum absolute atomic E-state index is 12.6. The SMILES string of the molecule is Cc1[nH]c2ccccc2c1CC(=O)Nc1ccc(CCN2CCC(C(N)=O)CC2)cc1. The molecule has 0 spiro atoms. The Labute approximate surface area is 182 Å². The van der Waals surface area contributed by atoms with Gasteiger partial charge < -0.3 is 20.9 Å². The fourth-order valence-electron chi connectivity index (χ4n) is 4.41. The fourth-order valence-corrected chi connectivity index (χ4v) is 4.41. The van der Waals surface area contributed by atoms with Gasteiger partial charge in [0.05, 0.1) is 6.42 Å². The molecular formula is C25H30N4O2. The third kappa shape index (κ3) is 5.14. The highest BCUT2D eigenvalue weighted by Gasteiger charge is 2.22. The van der Waals surface area contributed by atoms with Gasteiger partial charge in [-0.3, -0.25) is 9.59 Å². The molecule has 0 unspecified atom stereocenters. The number of carbonyl (C=O) groups is 2. The lowest BCUT2D eigenvalue weighted by molar-refractivity contribution is -0.123. The van der Waals surface area contributed by atoms with Crippen molar-refractivity contribution in [3.8, 4) is 0 Å². The Morgan fingerprint density at radius 2 is 1.81 bits per heavy atom. The number of nitrogens with two attached hydrogens (primary N) is 1. The molecule has 2 heterocycles. The summed E-state index contributed by atoms with van der Waals surface area (Å²) in [6, 6.07) is 16.1. The van der Waals surface area contributed by atoms with Gasteiger partial charge >= 0.3 is 0 Å². The molecule has 0 atom stereocenters. The molecule has 6 nitrogen and oxygen atoms in total. The number of rotatable bonds is 7. The summed E-state index contributed by atoms with van der Waals surface area (Å²) in [4.78, 5) is 29.6. The minimum absolute atomic E-state index is 0.0158. The minimum Gasteiger partial charge on any atom is -0.369 e. The summed E-state index contributed by atoms with van der Waals surface area (Å²) >= 11 is 0. The predicted octanol–water partition coefficient (Wildman–Crippen LogP) is 3.40. The van der Waals surface area contributed by atoms with Crippen molar-refractivity contribution in [1.82, 2.24) is 9.88 Å². The first-order chi connectivity index (χ1) is 15.0. The number of para-hydroxylation sites is 1. The summed E-state index contributed by atoms with van der Waals surface area (Å²) in [6.45, 7) is 4.83. The molecule has 1 fully saturated rings. The highest BCUT2D eigenvalue weighted by molar-refractivity contribution is 5.96. The van der Waals surface area contributed by atoms with Crippen LogP contribution in [0.2, 0.25) is 0 Å². The molecular weight excluding hydrogens is 388 g/mol. The van der Waals surface area contributed by atoms with E-state index in [2.05, 4.69) is 27.3 Å². The van der Waals surface area contributed by atoms with Crippen LogP contribution in [-0.4, -0.2) is 41.3 Å². The largest absolute Gasteiger partial charge is 0.369 e. The fraction of sp³-hybridized carbons (Fsp3) is 0.360. The number of aromatic amines is 1. The molecule has 6 heteroatoms. The van der Waals surface area contributed by atoms with Crippen molar-refractivity contribution < 1.29 is 9.59 Å². The Kier molecular flexibility index (Phi) is 6.37. The van der Waals surface area contributed by atoms with Gasteiger partial charge in [0, 0.05) is 34.7 Å². The Morgan fingerprint density at radius 3 is 2.52 bits per heavy atom. The van der Waals surface area contributed by atoms with E-state index in [4.69, 9.17) is 5.73 Å². The van der Waals surface area contributed by atoms with Crippen LogP contribution < -0.4 is 11.1 Å². The number of hydrogen-bond acceptors (Lipinski definition) is 3. The van der Waals surface area contributed by atoms with Crippen LogP contribution in [0.4, 0.5) is 5.69 Å². The van der Waals surface area contributed by atoms with Crippen molar-refractivity contribution in [3.05, 3.63) is 65.4 Å². The summed E-state index contributed by atoms with van der Waals surface area (Å²) in [6.07, 6.45) is 3.01. The van der Waals surface area contributed by atoms with Crippen molar-refractivity contribution in [3.63, 3.8) is 0 Å². The number of H-pyrrole nitrogens is 1. The van der Waals surface area contributed by atoms with Gasteiger partial charge in [-0.1, -0.05) is 30.3 Å². The van der Waals surface area contributed by atoms with Crippen molar-refractivity contribution in [2.45, 2.75) is 32.6 Å². The van der Waals surface area contributed by atoms with Gasteiger partial charge in [-0.2, -0.15) is 0 Å². The minimum atomic E-state index is -0.169. The van der Waals surface area contributed by atoms with E-state index >= 15 is 0 Å². The van der Waals surface area contributed by atoms with Crippen LogP contribution in [0.25, 0.3) is 10.9 Å². The highest BCUT2D eigenvalue weighted by Crippen LogP contribution is 2.23. The summed E-state index contributed by atoms with van der Waals surface area (Å²) < 4.78 is 0. The molecule has 4 N–H and O–H groups in total. The van der Waals surface area contributed by atoms with E-state index in [9.17, 15) is 9.59 Å². The van der Waals surface area contributed by atoms with Gasteiger partial charge in [-0.05, 0) is 68.6 Å². The summed E-state index contributed by atoms with van der Waals surface area (Å²) in [5.41, 5.74) is 10.6. The first-order valence-corrected chi connectivity index (χ1v) is 11.0. The number of fused-ring (bicyclic) bond motifs is 1. The van der Waals surface area contributed by atoms with Crippen LogP contribution in [0.5, 0.6) is 0 Å². The molecule has 1 aliphatic rings. The van der Waals surface area contributed by atoms with E-state index < -0.39 is 0 Å². The zero-order valence-electron chi connectivity index (χ0n) is 18.0. The second-order valence-corrected chi connectivity index (χ2v) is 8.46. The average Bonchev–Trinajstić information content (AvgIpc) is 3.08. The van der Waals surface area contributed by atoms with Gasteiger partial charge in [-0.15, -0.1) is 0 Å². The molecule has 0 aliphatic carbocycles. The number of amides is 2. The molecule has 0 radical (unpaired) electrons. The molecule has 0 bridgehead atoms. The third-order valence-corrected chi connectivity index (χ3v) is 6.31. The number of aryl methyl sites for hydroxylation is 1. The number of carbonyl (C=O) groups excluding carboxylic acids is 2. The van der Waals surface area contributed by atoms with Crippen LogP contribution in [-0.2, 0) is 22.4 Å². The Hall–Kier alpha value is -3.12. The second-order valence-electron chi connectivity index (χ2n) is 8.46. The van der Waals surface area contributed by atoms with Gasteiger partial charge in [0.15, 0.2) is 0 Å². The van der Waals surface area contributed by atoms with Crippen LogP contribution in [0.3, 0.4) is 0 Å². The molecule has 2 amide bonds. The molecule has 2 aromatic carbocycles. The maximum Gasteiger partial charge on any atom is 0.228 e. The monoisotopic (exact) mass is 418 g/mol. The Balaban J connectivity index is 1.28. The number of nitrogens with zero attached hydrogens (tertiary/aromatic N) is 1. The van der Waals surface area contributed by atoms with Gasteiger partial charge in [-0.25, -0.2) is 0 Å². The van der Waals surface area contributed by atoms with Crippen molar-refractivity contribution in [1.29, 1.82) is 0 Å². The Morgan fingerprint density at radius 1 is 1.10 bits per heavy atom. The van der Waals surface area contributed by atoms with Gasteiger partial charge in [0.25, 0.3) is 0 Å². The number of piperidine rings is 1. The van der Waals surface area contributed by atoms with E-state index in [0.717, 1.165) is 66.7 Å². The van der Waals surface area contributed by atoms with Crippen LogP contribution in [0.15, 0.2) is 48.5 Å². The smallest absolute Gasteiger partial charge is 0.228 e. The van der Waals surface area contributed by atoms with Crippen LogP contribution in [0, 0.1) is 12.8 Å². The lowest BCUT2D eigenvalue weighted by Gasteiger charge is -2.30. The van der Waals surface area contributed by atoms with E-state index in [1.54, 1.807) is 0 Å². The quantitative estimate of drug-likeness (QED) is 0.549. The number of anilines is 1. The molecule has 0 saturated carbocycles. The highest BCUT2D eigenvalue weighted by atomic mass is 16.2. The van der Waals surface area contributed by atoms with E-state index in [1.807, 2.05) is 43.3 Å². The van der Waals surface area contributed by atoms with Crippen molar-refractivity contribution >= 4 is 28.4 Å². The molecule has 162 valence electrons. The second kappa shape index (κ2) is 9.35. The van der Waals surface area contributed by atoms with Crippen molar-refractivity contribution in [2.24, 2.45) is 11.7 Å². The zero-order chi connectivity index (χ0) is 21.8. The standard InChI is InChI=1S/C25H30N4O2/c1-17-22(21-4-2-3-5-23(21)27-17)16-24(30)28-20-8-6-18(7-9-20)10-13-29-14-11-19(12-15-29)25(26)31/h2-9,19,27H,10-16H2,1H3,(H2,26,31)(H,28,30). The third-order valence-electron chi connectivity index (χ3n) is 6.31. The summed E-state index contributed by atoms with van der Waals surface area (Å²) in [5.74, 6) is -0.151. The van der Waals surface area contributed by atoms with Gasteiger partial charge in [0.2, 0.25) is 11.8 Å². The van der Waals surface area contributed by atoms with Crippen LogP contribution in [0.1, 0.15) is 29.7 Å². The molecule has 1 aromatic heterocycles. The maximum atomic E-state index is 12.6. The van der Waals surface area contributed by atoms with E-state index in [1.165, 1.54) is 5.56 Å². The molecule has 1 saturated heterocycles. The van der Waals surface area contributed by atoms with Gasteiger partial charge in [0.1, 0.15) is 0 Å².